The summed E-state index contributed by atoms with van der Waals surface area (Å²) in [6, 6.07) is 7.96. The number of benzene rings is 2. The molecule has 1 aliphatic carbocycles. The Kier molecular flexibility index (Phi) is 8.10. The number of allylic oxidation sites excluding steroid dienone is 4. The van der Waals surface area contributed by atoms with E-state index in [0.717, 1.165) is 12.8 Å². The van der Waals surface area contributed by atoms with Gasteiger partial charge in [0, 0.05) is 11.3 Å². The van der Waals surface area contributed by atoms with Crippen LogP contribution in [-0.4, -0.2) is 31.3 Å². The molecule has 11 heteroatoms. The highest BCUT2D eigenvalue weighted by atomic mass is 19.1. The summed E-state index contributed by atoms with van der Waals surface area (Å²) in [6.45, 7) is 5.48. The molecule has 1 atom stereocenters. The minimum Gasteiger partial charge on any atom is -0.488 e. The van der Waals surface area contributed by atoms with Crippen molar-refractivity contribution in [1.82, 2.24) is 19.5 Å². The van der Waals surface area contributed by atoms with Gasteiger partial charge in [0.2, 0.25) is 0 Å². The van der Waals surface area contributed by atoms with Crippen molar-refractivity contribution in [3.63, 3.8) is 0 Å². The fraction of sp³-hybridized carbons (Fsp3) is 0.258. The predicted molar refractivity (Wildman–Crippen MR) is 160 cm³/mol. The zero-order valence-electron chi connectivity index (χ0n) is 23.5. The number of ether oxygens (including phenoxy) is 1. The number of nitrogen functional groups attached to an aromatic ring is 1. The molecular formula is C31H31F2N7O2. The van der Waals surface area contributed by atoms with Gasteiger partial charge in [-0.25, -0.2) is 23.7 Å². The molecule has 0 aliphatic heterocycles. The molecule has 0 fully saturated rings. The molecule has 0 spiro atoms. The van der Waals surface area contributed by atoms with E-state index in [0.29, 0.717) is 17.9 Å². The molecule has 216 valence electrons. The van der Waals surface area contributed by atoms with Crippen LogP contribution in [0, 0.1) is 17.0 Å². The van der Waals surface area contributed by atoms with E-state index in [2.05, 4.69) is 15.3 Å². The molecule has 2 aromatic heterocycles. The number of nitrogens with zero attached hydrogens (tertiary/aromatic N) is 4. The Bertz CT molecular complexity index is 1800. The Morgan fingerprint density at radius 2 is 1.98 bits per heavy atom. The van der Waals surface area contributed by atoms with E-state index >= 15 is 0 Å². The Morgan fingerprint density at radius 1 is 1.17 bits per heavy atom. The third-order valence-electron chi connectivity index (χ3n) is 6.85. The largest absolute Gasteiger partial charge is 0.488 e. The fourth-order valence-electron chi connectivity index (χ4n) is 4.88. The van der Waals surface area contributed by atoms with E-state index < -0.39 is 23.2 Å². The number of hydrogen-bond donors (Lipinski definition) is 3. The van der Waals surface area contributed by atoms with Crippen LogP contribution in [0.4, 0.5) is 20.4 Å². The minimum atomic E-state index is -0.650. The van der Waals surface area contributed by atoms with Gasteiger partial charge in [0.05, 0.1) is 28.9 Å². The summed E-state index contributed by atoms with van der Waals surface area (Å²) in [5.74, 6) is -0.633. The van der Waals surface area contributed by atoms with Gasteiger partial charge in [0.1, 0.15) is 35.0 Å². The van der Waals surface area contributed by atoms with Crippen molar-refractivity contribution in [2.24, 2.45) is 0 Å². The normalized spacial score (nSPS) is 13.7. The number of anilines is 2. The summed E-state index contributed by atoms with van der Waals surface area (Å²) in [4.78, 5) is 26.9. The lowest BCUT2D eigenvalue weighted by Gasteiger charge is -2.24. The third-order valence-corrected chi connectivity index (χ3v) is 6.85. The number of hydrogen-bond acceptors (Lipinski definition) is 8. The van der Waals surface area contributed by atoms with Gasteiger partial charge in [-0.1, -0.05) is 25.1 Å². The maximum absolute atomic E-state index is 14.8. The van der Waals surface area contributed by atoms with Crippen LogP contribution in [0.5, 0.6) is 5.75 Å². The van der Waals surface area contributed by atoms with Crippen LogP contribution < -0.4 is 21.3 Å². The zero-order valence-corrected chi connectivity index (χ0v) is 23.5. The first-order valence-corrected chi connectivity index (χ1v) is 13.7. The number of rotatable bonds is 9. The van der Waals surface area contributed by atoms with Gasteiger partial charge in [-0.15, -0.1) is 0 Å². The van der Waals surface area contributed by atoms with Crippen LogP contribution in [0.1, 0.15) is 63.0 Å². The Balaban J connectivity index is 1.60. The standard InChI is InChI=1S/C31H31F2N7O2/c1-4-22(30-39-23-12-8-11-20(32)25(23)31(41)40(30)19-9-6-5-7-10-19)38-29-26(28(35)36-16-37-29)27(34)18-13-14-24(21(33)15-18)42-17(2)3/h6,8-17,22,34H,4-5,7H2,1-3H3,(H3,35,36,37,38). The van der Waals surface area contributed by atoms with E-state index in [4.69, 9.17) is 20.9 Å². The van der Waals surface area contributed by atoms with Crippen molar-refractivity contribution < 1.29 is 13.5 Å². The quantitative estimate of drug-likeness (QED) is 0.210. The third kappa shape index (κ3) is 5.50. The van der Waals surface area contributed by atoms with E-state index in [-0.39, 0.29) is 51.2 Å². The maximum Gasteiger partial charge on any atom is 0.269 e. The molecule has 1 aliphatic rings. The molecule has 1 unspecified atom stereocenters. The van der Waals surface area contributed by atoms with Crippen molar-refractivity contribution in [3.8, 4) is 5.75 Å². The van der Waals surface area contributed by atoms with Gasteiger partial charge >= 0.3 is 0 Å². The zero-order chi connectivity index (χ0) is 30.0. The van der Waals surface area contributed by atoms with Crippen LogP contribution >= 0.6 is 0 Å². The summed E-state index contributed by atoms with van der Waals surface area (Å²) in [5, 5.41) is 12.1. The van der Waals surface area contributed by atoms with Crippen LogP contribution in [0.25, 0.3) is 16.6 Å². The maximum atomic E-state index is 14.8. The Labute approximate surface area is 241 Å². The van der Waals surface area contributed by atoms with Crippen molar-refractivity contribution in [3.05, 3.63) is 99.9 Å². The van der Waals surface area contributed by atoms with Gasteiger partial charge in [0.15, 0.2) is 11.6 Å². The Morgan fingerprint density at radius 3 is 2.67 bits per heavy atom. The lowest BCUT2D eigenvalue weighted by atomic mass is 10.0. The first kappa shape index (κ1) is 28.6. The van der Waals surface area contributed by atoms with E-state index in [1.54, 1.807) is 26.0 Å². The average Bonchev–Trinajstić information content (AvgIpc) is 2.96. The van der Waals surface area contributed by atoms with Crippen LogP contribution in [0.2, 0.25) is 0 Å². The molecule has 4 aromatic rings. The van der Waals surface area contributed by atoms with Gasteiger partial charge in [0.25, 0.3) is 5.56 Å². The predicted octanol–water partition coefficient (Wildman–Crippen LogP) is 6.00. The second-order valence-corrected chi connectivity index (χ2v) is 10.1. The van der Waals surface area contributed by atoms with Crippen LogP contribution in [0.15, 0.2) is 65.7 Å². The summed E-state index contributed by atoms with van der Waals surface area (Å²) >= 11 is 0. The molecule has 0 saturated heterocycles. The van der Waals surface area contributed by atoms with Crippen LogP contribution in [-0.2, 0) is 0 Å². The molecule has 0 bridgehead atoms. The first-order chi connectivity index (χ1) is 20.2. The van der Waals surface area contributed by atoms with E-state index in [9.17, 15) is 13.6 Å². The molecule has 2 aromatic carbocycles. The molecular weight excluding hydrogens is 540 g/mol. The SMILES string of the molecule is CCC(Nc1ncnc(N)c1C(=N)c1ccc(OC(C)C)c(F)c1)c1nc2cccc(F)c2c(=O)n1C1=CCCC=C1. The lowest BCUT2D eigenvalue weighted by Crippen LogP contribution is -2.30. The smallest absolute Gasteiger partial charge is 0.269 e. The molecule has 0 amide bonds. The summed E-state index contributed by atoms with van der Waals surface area (Å²) < 4.78 is 36.5. The molecule has 42 heavy (non-hydrogen) atoms. The number of halogens is 2. The van der Waals surface area contributed by atoms with Gasteiger partial charge in [-0.2, -0.15) is 0 Å². The summed E-state index contributed by atoms with van der Waals surface area (Å²) in [5.41, 5.74) is 6.81. The monoisotopic (exact) mass is 571 g/mol. The number of nitrogens with one attached hydrogen (secondary N) is 2. The van der Waals surface area contributed by atoms with Gasteiger partial charge in [-0.05, 0) is 69.5 Å². The molecule has 9 nitrogen and oxygen atoms in total. The first-order valence-electron chi connectivity index (χ1n) is 13.7. The highest BCUT2D eigenvalue weighted by molar-refractivity contribution is 6.16. The van der Waals surface area contributed by atoms with Crippen molar-refractivity contribution in [2.45, 2.75) is 52.2 Å². The molecule has 4 N–H and O–H groups in total. The molecule has 0 radical (unpaired) electrons. The van der Waals surface area contributed by atoms with Crippen molar-refractivity contribution in [1.29, 1.82) is 5.41 Å². The topological polar surface area (TPSA) is 132 Å². The molecule has 2 heterocycles. The Hall–Kier alpha value is -4.93. The van der Waals surface area contributed by atoms with E-state index in [1.165, 1.54) is 35.2 Å². The highest BCUT2D eigenvalue weighted by Crippen LogP contribution is 2.30. The van der Waals surface area contributed by atoms with Crippen molar-refractivity contribution >= 4 is 33.9 Å². The van der Waals surface area contributed by atoms with Gasteiger partial charge in [-0.3, -0.25) is 14.8 Å². The lowest BCUT2D eigenvalue weighted by molar-refractivity contribution is 0.231. The number of aromatic nitrogens is 4. The second-order valence-electron chi connectivity index (χ2n) is 10.1. The fourth-order valence-corrected chi connectivity index (χ4v) is 4.88. The summed E-state index contributed by atoms with van der Waals surface area (Å²) in [6.07, 6.45) is 8.71. The average molecular weight is 572 g/mol. The molecule has 5 rings (SSSR count). The van der Waals surface area contributed by atoms with Crippen LogP contribution in [0.3, 0.4) is 0 Å². The minimum absolute atomic E-state index is 0.0131. The van der Waals surface area contributed by atoms with Gasteiger partial charge < -0.3 is 15.8 Å². The molecule has 0 saturated carbocycles. The number of fused-ring (bicyclic) bond motifs is 1. The van der Waals surface area contributed by atoms with E-state index in [1.807, 2.05) is 25.2 Å². The highest BCUT2D eigenvalue weighted by Gasteiger charge is 2.25. The second kappa shape index (κ2) is 11.9. The summed E-state index contributed by atoms with van der Waals surface area (Å²) in [7, 11) is 0. The number of nitrogens with two attached hydrogens (primary N) is 1. The van der Waals surface area contributed by atoms with Crippen molar-refractivity contribution in [2.75, 3.05) is 11.1 Å².